The number of fused-ring (bicyclic) bond motifs is 3. The number of carbonyl (C=O) groups is 6. The second-order valence-electron chi connectivity index (χ2n) is 11.8. The van der Waals surface area contributed by atoms with Crippen LogP contribution in [0.25, 0.3) is 0 Å². The van der Waals surface area contributed by atoms with E-state index >= 15 is 0 Å². The first-order chi connectivity index (χ1) is 20.4. The molecule has 2 fully saturated rings. The van der Waals surface area contributed by atoms with Crippen LogP contribution >= 0.6 is 0 Å². The molecule has 0 heterocycles. The summed E-state index contributed by atoms with van der Waals surface area (Å²) < 4.78 is 5.93. The Bertz CT molecular complexity index is 1520. The summed E-state index contributed by atoms with van der Waals surface area (Å²) in [7, 11) is 2.94. The SMILES string of the molecule is CCC(=O)O[C@@H]1[C@@H]2C(C(=O)c3c(O)cccc3[C@H]2CCc2ccccc2)C(=O)[C@@]2(O)C(=O)C(C(N)=O)C(=O)[C@H](N(C)C)[C@@H]12. The molecule has 0 aromatic heterocycles. The lowest BCUT2D eigenvalue weighted by atomic mass is 9.49. The minimum absolute atomic E-state index is 0.106. The number of Topliss-reactive ketones (excluding diaryl/α,β-unsaturated/α-hetero) is 4. The Morgan fingerprint density at radius 3 is 2.28 bits per heavy atom. The fourth-order valence-electron chi connectivity index (χ4n) is 7.43. The van der Waals surface area contributed by atoms with Gasteiger partial charge < -0.3 is 20.7 Å². The number of nitrogens with zero attached hydrogens (tertiary/aromatic N) is 1. The second kappa shape index (κ2) is 11.1. The highest BCUT2D eigenvalue weighted by Crippen LogP contribution is 2.56. The van der Waals surface area contributed by atoms with Crippen molar-refractivity contribution in [3.63, 3.8) is 0 Å². The van der Waals surface area contributed by atoms with Gasteiger partial charge in [0.05, 0.1) is 23.4 Å². The van der Waals surface area contributed by atoms with Crippen LogP contribution in [0.5, 0.6) is 5.75 Å². The van der Waals surface area contributed by atoms with Crippen LogP contribution in [-0.2, 0) is 35.1 Å². The molecule has 11 nitrogen and oxygen atoms in total. The van der Waals surface area contributed by atoms with E-state index in [1.165, 1.54) is 32.0 Å². The molecule has 2 saturated carbocycles. The van der Waals surface area contributed by atoms with Crippen LogP contribution in [0.4, 0.5) is 0 Å². The number of benzene rings is 2. The van der Waals surface area contributed by atoms with E-state index in [0.29, 0.717) is 18.4 Å². The Labute approximate surface area is 248 Å². The monoisotopic (exact) mass is 590 g/mol. The third-order valence-electron chi connectivity index (χ3n) is 9.26. The standard InChI is InChI=1S/C32H34N2O9/c1-4-19(36)43-28-21-17(14-13-15-9-6-5-7-10-15)16-11-8-12-18(35)20(16)26(37)22(21)29(39)32(42)24(28)25(34(2)3)27(38)23(30(32)40)31(33)41/h5-12,17,21-25,28,35,42H,4,13-14H2,1-3H3,(H2,33,41)/t17-,21+,22?,23?,24+,25-,28-,32-/m1/s1. The Balaban J connectivity index is 1.77. The van der Waals surface area contributed by atoms with E-state index < -0.39 is 82.3 Å². The number of primary amides is 1. The second-order valence-corrected chi connectivity index (χ2v) is 11.8. The zero-order valence-electron chi connectivity index (χ0n) is 24.1. The van der Waals surface area contributed by atoms with Gasteiger partial charge in [-0.15, -0.1) is 0 Å². The zero-order chi connectivity index (χ0) is 31.4. The van der Waals surface area contributed by atoms with Crippen molar-refractivity contribution in [3.05, 3.63) is 65.2 Å². The summed E-state index contributed by atoms with van der Waals surface area (Å²) in [6, 6.07) is 12.5. The van der Waals surface area contributed by atoms with Crippen molar-refractivity contribution in [2.45, 2.75) is 49.9 Å². The van der Waals surface area contributed by atoms with Gasteiger partial charge >= 0.3 is 5.97 Å². The summed E-state index contributed by atoms with van der Waals surface area (Å²) in [5.41, 5.74) is 3.64. The van der Waals surface area contributed by atoms with E-state index in [1.807, 2.05) is 30.3 Å². The summed E-state index contributed by atoms with van der Waals surface area (Å²) in [4.78, 5) is 82.6. The van der Waals surface area contributed by atoms with Gasteiger partial charge in [0.25, 0.3) is 0 Å². The number of likely N-dealkylation sites (N-methyl/N-ethyl adjacent to an activating group) is 1. The van der Waals surface area contributed by atoms with Gasteiger partial charge in [-0.05, 0) is 50.0 Å². The summed E-state index contributed by atoms with van der Waals surface area (Å²) in [6.07, 6.45) is -0.749. The van der Waals surface area contributed by atoms with Gasteiger partial charge in [-0.1, -0.05) is 49.4 Å². The molecule has 2 aromatic rings. The first-order valence-corrected chi connectivity index (χ1v) is 14.3. The molecule has 0 saturated heterocycles. The van der Waals surface area contributed by atoms with Crippen LogP contribution < -0.4 is 5.73 Å². The first kappa shape index (κ1) is 30.2. The Kier molecular flexibility index (Phi) is 7.82. The van der Waals surface area contributed by atoms with Crippen molar-refractivity contribution < 1.29 is 43.7 Å². The molecule has 0 spiro atoms. The number of ether oxygens (including phenoxy) is 1. The average Bonchev–Trinajstić information content (AvgIpc) is 2.96. The molecular formula is C32H34N2O9. The molecule has 3 aliphatic carbocycles. The van der Waals surface area contributed by atoms with Crippen molar-refractivity contribution in [3.8, 4) is 5.75 Å². The lowest BCUT2D eigenvalue weighted by Gasteiger charge is -2.57. The number of phenols is 1. The summed E-state index contributed by atoms with van der Waals surface area (Å²) >= 11 is 0. The lowest BCUT2D eigenvalue weighted by molar-refractivity contribution is -0.206. The molecule has 4 N–H and O–H groups in total. The number of carbonyl (C=O) groups excluding carboxylic acids is 6. The molecular weight excluding hydrogens is 556 g/mol. The van der Waals surface area contributed by atoms with Crippen LogP contribution in [0.15, 0.2) is 48.5 Å². The number of rotatable bonds is 7. The highest BCUT2D eigenvalue weighted by atomic mass is 16.5. The van der Waals surface area contributed by atoms with Gasteiger partial charge in [-0.25, -0.2) is 0 Å². The summed E-state index contributed by atoms with van der Waals surface area (Å²) in [5, 5.41) is 22.9. The number of esters is 1. The maximum atomic E-state index is 14.4. The highest BCUT2D eigenvalue weighted by Gasteiger charge is 2.74. The van der Waals surface area contributed by atoms with Crippen molar-refractivity contribution in [2.24, 2.45) is 29.4 Å². The number of hydrogen-bond donors (Lipinski definition) is 3. The molecule has 5 rings (SSSR count). The Morgan fingerprint density at radius 1 is 1.00 bits per heavy atom. The maximum absolute atomic E-state index is 14.4. The number of aryl methyl sites for hydroxylation is 1. The smallest absolute Gasteiger partial charge is 0.305 e. The van der Waals surface area contributed by atoms with Crippen LogP contribution in [0.3, 0.4) is 0 Å². The van der Waals surface area contributed by atoms with E-state index in [4.69, 9.17) is 10.5 Å². The number of hydrogen-bond acceptors (Lipinski definition) is 10. The van der Waals surface area contributed by atoms with E-state index in [9.17, 15) is 39.0 Å². The fourth-order valence-corrected chi connectivity index (χ4v) is 7.43. The first-order valence-electron chi connectivity index (χ1n) is 14.3. The number of nitrogens with two attached hydrogens (primary N) is 1. The minimum atomic E-state index is -3.05. The van der Waals surface area contributed by atoms with Crippen LogP contribution in [0, 0.1) is 23.7 Å². The van der Waals surface area contributed by atoms with Crippen molar-refractivity contribution in [1.82, 2.24) is 4.90 Å². The number of aromatic hydroxyl groups is 1. The van der Waals surface area contributed by atoms with Crippen molar-refractivity contribution in [2.75, 3.05) is 14.1 Å². The third kappa shape index (κ3) is 4.58. The summed E-state index contributed by atoms with van der Waals surface area (Å²) in [6.45, 7) is 1.54. The number of amides is 1. The largest absolute Gasteiger partial charge is 0.507 e. The predicted molar refractivity (Wildman–Crippen MR) is 151 cm³/mol. The molecule has 1 amide bonds. The van der Waals surface area contributed by atoms with Crippen LogP contribution in [0.2, 0.25) is 0 Å². The van der Waals surface area contributed by atoms with Crippen molar-refractivity contribution >= 4 is 35.0 Å². The molecule has 2 unspecified atom stereocenters. The summed E-state index contributed by atoms with van der Waals surface area (Å²) in [5.74, 6) is -14.1. The van der Waals surface area contributed by atoms with Gasteiger partial charge in [0, 0.05) is 12.3 Å². The Morgan fingerprint density at radius 2 is 1.67 bits per heavy atom. The van der Waals surface area contributed by atoms with Crippen LogP contribution in [-0.4, -0.2) is 82.0 Å². The normalized spacial score (nSPS) is 31.7. The highest BCUT2D eigenvalue weighted by molar-refractivity contribution is 6.32. The maximum Gasteiger partial charge on any atom is 0.305 e. The molecule has 0 bridgehead atoms. The lowest BCUT2D eigenvalue weighted by Crippen LogP contribution is -2.78. The average molecular weight is 591 g/mol. The fraction of sp³-hybridized carbons (Fsp3) is 0.438. The van der Waals surface area contributed by atoms with Crippen molar-refractivity contribution in [1.29, 1.82) is 0 Å². The number of ketones is 4. The molecule has 3 aliphatic rings. The number of phenolic OH excluding ortho intramolecular Hbond substituents is 1. The van der Waals surface area contributed by atoms with Gasteiger partial charge in [0.15, 0.2) is 34.7 Å². The van der Waals surface area contributed by atoms with Gasteiger partial charge in [0.2, 0.25) is 5.91 Å². The van der Waals surface area contributed by atoms with Gasteiger partial charge in [-0.2, -0.15) is 0 Å². The number of aliphatic hydroxyl groups is 1. The van der Waals surface area contributed by atoms with Gasteiger partial charge in [0.1, 0.15) is 11.9 Å². The molecule has 0 aliphatic heterocycles. The minimum Gasteiger partial charge on any atom is -0.507 e. The van der Waals surface area contributed by atoms with Crippen LogP contribution in [0.1, 0.15) is 47.2 Å². The Hall–Kier alpha value is -4.22. The molecule has 43 heavy (non-hydrogen) atoms. The topological polar surface area (TPSA) is 181 Å². The molecule has 2 aromatic carbocycles. The van der Waals surface area contributed by atoms with E-state index in [0.717, 1.165) is 5.56 Å². The van der Waals surface area contributed by atoms with E-state index in [1.54, 1.807) is 12.1 Å². The van der Waals surface area contributed by atoms with E-state index in [2.05, 4.69) is 0 Å². The zero-order valence-corrected chi connectivity index (χ0v) is 24.1. The quantitative estimate of drug-likeness (QED) is 0.310. The van der Waals surface area contributed by atoms with Gasteiger partial charge in [-0.3, -0.25) is 33.7 Å². The predicted octanol–water partition coefficient (Wildman–Crippen LogP) is 0.973. The molecule has 226 valence electrons. The third-order valence-corrected chi connectivity index (χ3v) is 9.26. The van der Waals surface area contributed by atoms with E-state index in [-0.39, 0.29) is 17.7 Å². The molecule has 0 radical (unpaired) electrons. The molecule has 8 atom stereocenters. The molecule has 11 heteroatoms.